The summed E-state index contributed by atoms with van der Waals surface area (Å²) in [4.78, 5) is 20.4. The molecule has 4 nitrogen and oxygen atoms in total. The van der Waals surface area contributed by atoms with Crippen molar-refractivity contribution in [2.45, 2.75) is 6.92 Å². The molecule has 0 aliphatic carbocycles. The van der Waals surface area contributed by atoms with Crippen molar-refractivity contribution in [1.82, 2.24) is 19.9 Å². The first-order chi connectivity index (χ1) is 22.2. The van der Waals surface area contributed by atoms with E-state index in [1.54, 1.807) is 0 Å². The Morgan fingerprint density at radius 3 is 1.67 bits per heavy atom. The largest absolute Gasteiger partial charge is 0.251 e. The minimum Gasteiger partial charge on any atom is -0.251 e. The van der Waals surface area contributed by atoms with Crippen LogP contribution in [0, 0.1) is 6.92 Å². The van der Waals surface area contributed by atoms with E-state index in [0.29, 0.717) is 5.82 Å². The van der Waals surface area contributed by atoms with Crippen LogP contribution in [-0.4, -0.2) is 19.9 Å². The van der Waals surface area contributed by atoms with Crippen LogP contribution in [0.4, 0.5) is 0 Å². The molecule has 45 heavy (non-hydrogen) atoms. The second-order valence-corrected chi connectivity index (χ2v) is 11.1. The van der Waals surface area contributed by atoms with Gasteiger partial charge in [-0.2, -0.15) is 0 Å². The third-order valence-electron chi connectivity index (χ3n) is 8.16. The van der Waals surface area contributed by atoms with Gasteiger partial charge in [0.1, 0.15) is 0 Å². The highest BCUT2D eigenvalue weighted by Crippen LogP contribution is 2.36. The number of benzene rings is 5. The van der Waals surface area contributed by atoms with E-state index in [2.05, 4.69) is 109 Å². The number of aromatic nitrogens is 4. The fourth-order valence-corrected chi connectivity index (χ4v) is 5.99. The van der Waals surface area contributed by atoms with Crippen molar-refractivity contribution >= 4 is 21.8 Å². The first-order valence-corrected chi connectivity index (χ1v) is 15.1. The molecule has 0 saturated heterocycles. The van der Waals surface area contributed by atoms with Crippen LogP contribution >= 0.6 is 0 Å². The van der Waals surface area contributed by atoms with Gasteiger partial charge in [0.05, 0.1) is 28.1 Å². The molecular weight excluding hydrogens is 548 g/mol. The fourth-order valence-electron chi connectivity index (χ4n) is 5.99. The molecule has 3 aromatic heterocycles. The Labute approximate surface area is 261 Å². The molecule has 0 aliphatic heterocycles. The Kier molecular flexibility index (Phi) is 6.65. The van der Waals surface area contributed by atoms with Gasteiger partial charge in [0.15, 0.2) is 5.82 Å². The van der Waals surface area contributed by atoms with E-state index >= 15 is 0 Å². The molecule has 3 heterocycles. The predicted molar refractivity (Wildman–Crippen MR) is 185 cm³/mol. The highest BCUT2D eigenvalue weighted by molar-refractivity contribution is 6.09. The lowest BCUT2D eigenvalue weighted by atomic mass is 9.97. The highest BCUT2D eigenvalue weighted by atomic mass is 14.9. The predicted octanol–water partition coefficient (Wildman–Crippen LogP) is 10.2. The second kappa shape index (κ2) is 11.3. The third-order valence-corrected chi connectivity index (χ3v) is 8.16. The van der Waals surface area contributed by atoms with Crippen molar-refractivity contribution in [1.29, 1.82) is 0 Å². The number of nitrogens with zero attached hydrogens (tertiary/aromatic N) is 4. The van der Waals surface area contributed by atoms with E-state index in [4.69, 9.17) is 19.9 Å². The Morgan fingerprint density at radius 2 is 0.956 bits per heavy atom. The van der Waals surface area contributed by atoms with Crippen LogP contribution in [0.15, 0.2) is 152 Å². The van der Waals surface area contributed by atoms with Crippen molar-refractivity contribution in [3.05, 3.63) is 157 Å². The van der Waals surface area contributed by atoms with Crippen LogP contribution in [0.2, 0.25) is 0 Å². The summed E-state index contributed by atoms with van der Waals surface area (Å²) < 4.78 is 0. The van der Waals surface area contributed by atoms with Gasteiger partial charge in [-0.15, -0.1) is 0 Å². The number of aryl methyl sites for hydroxylation is 1. The van der Waals surface area contributed by atoms with Gasteiger partial charge in [0.25, 0.3) is 0 Å². The van der Waals surface area contributed by atoms with Crippen molar-refractivity contribution in [2.75, 3.05) is 0 Å². The molecule has 5 aromatic carbocycles. The summed E-state index contributed by atoms with van der Waals surface area (Å²) in [5, 5.41) is 2.15. The van der Waals surface area contributed by atoms with Crippen LogP contribution in [-0.2, 0) is 0 Å². The molecule has 8 rings (SSSR count). The average Bonchev–Trinajstić information content (AvgIpc) is 3.12. The van der Waals surface area contributed by atoms with Gasteiger partial charge in [-0.25, -0.2) is 15.0 Å². The summed E-state index contributed by atoms with van der Waals surface area (Å²) in [6, 6.07) is 52.0. The topological polar surface area (TPSA) is 51.6 Å². The van der Waals surface area contributed by atoms with E-state index < -0.39 is 0 Å². The van der Waals surface area contributed by atoms with E-state index in [9.17, 15) is 0 Å². The van der Waals surface area contributed by atoms with Crippen molar-refractivity contribution < 1.29 is 0 Å². The lowest BCUT2D eigenvalue weighted by Gasteiger charge is -2.14. The number of hydrogen-bond acceptors (Lipinski definition) is 4. The number of pyridine rings is 2. The summed E-state index contributed by atoms with van der Waals surface area (Å²) in [7, 11) is 0. The van der Waals surface area contributed by atoms with Crippen LogP contribution in [0.3, 0.4) is 0 Å². The maximum absolute atomic E-state index is 5.29. The summed E-state index contributed by atoms with van der Waals surface area (Å²) in [6.45, 7) is 2.05. The first-order valence-electron chi connectivity index (χ1n) is 15.1. The number of rotatable bonds is 5. The van der Waals surface area contributed by atoms with Gasteiger partial charge >= 0.3 is 0 Å². The van der Waals surface area contributed by atoms with E-state index in [1.807, 2.05) is 49.4 Å². The Bertz CT molecular complexity index is 2260. The highest BCUT2D eigenvalue weighted by Gasteiger charge is 2.16. The SMILES string of the molecule is Cc1cc(-c2ccccc2)c2ccc3ccc(-c4ccccc4-c4cc(-c5ccccc5)nc(-c5ccccc5)n4)nc3c2n1. The molecule has 0 bridgehead atoms. The Morgan fingerprint density at radius 1 is 0.378 bits per heavy atom. The molecule has 0 radical (unpaired) electrons. The zero-order chi connectivity index (χ0) is 30.2. The molecule has 0 N–H and O–H groups in total. The van der Waals surface area contributed by atoms with E-state index in [1.165, 1.54) is 5.56 Å². The standard InChI is InChI=1S/C41H28N4/c1-27-25-35(28-13-5-2-6-14-28)34-23-21-30-22-24-36(43-39(30)40(34)42-27)32-19-11-12-20-33(32)38-26-37(29-15-7-3-8-16-29)44-41(45-38)31-17-9-4-10-18-31/h2-26H,1H3. The molecule has 0 fully saturated rings. The Hall–Kier alpha value is -6.00. The molecule has 0 atom stereocenters. The summed E-state index contributed by atoms with van der Waals surface area (Å²) in [5.74, 6) is 0.687. The molecule has 4 heteroatoms. The van der Waals surface area contributed by atoms with Gasteiger partial charge in [0.2, 0.25) is 0 Å². The normalized spacial score (nSPS) is 11.2. The molecule has 0 saturated carbocycles. The van der Waals surface area contributed by atoms with Crippen LogP contribution in [0.1, 0.15) is 5.69 Å². The quantitative estimate of drug-likeness (QED) is 0.191. The summed E-state index contributed by atoms with van der Waals surface area (Å²) in [6.07, 6.45) is 0. The van der Waals surface area contributed by atoms with Gasteiger partial charge in [0, 0.05) is 38.7 Å². The minimum absolute atomic E-state index is 0.687. The van der Waals surface area contributed by atoms with Crippen molar-refractivity contribution in [3.8, 4) is 56.3 Å². The molecule has 0 aliphatic rings. The zero-order valence-electron chi connectivity index (χ0n) is 24.7. The molecule has 0 spiro atoms. The molecular formula is C41H28N4. The Balaban J connectivity index is 1.33. The van der Waals surface area contributed by atoms with Gasteiger partial charge in [-0.3, -0.25) is 4.98 Å². The lowest BCUT2D eigenvalue weighted by molar-refractivity contribution is 1.18. The van der Waals surface area contributed by atoms with Gasteiger partial charge < -0.3 is 0 Å². The molecule has 0 unspecified atom stereocenters. The van der Waals surface area contributed by atoms with Crippen molar-refractivity contribution in [2.24, 2.45) is 0 Å². The van der Waals surface area contributed by atoms with Crippen molar-refractivity contribution in [3.63, 3.8) is 0 Å². The summed E-state index contributed by atoms with van der Waals surface area (Å²) >= 11 is 0. The molecule has 0 amide bonds. The maximum Gasteiger partial charge on any atom is 0.160 e. The molecule has 212 valence electrons. The molecule has 8 aromatic rings. The number of fused-ring (bicyclic) bond motifs is 3. The smallest absolute Gasteiger partial charge is 0.160 e. The summed E-state index contributed by atoms with van der Waals surface area (Å²) in [5.41, 5.74) is 11.7. The van der Waals surface area contributed by atoms with Crippen LogP contribution in [0.5, 0.6) is 0 Å². The van der Waals surface area contributed by atoms with E-state index in [-0.39, 0.29) is 0 Å². The lowest BCUT2D eigenvalue weighted by Crippen LogP contribution is -1.98. The van der Waals surface area contributed by atoms with Gasteiger partial charge in [-0.1, -0.05) is 133 Å². The first kappa shape index (κ1) is 26.6. The van der Waals surface area contributed by atoms with E-state index in [0.717, 1.165) is 72.4 Å². The third kappa shape index (κ3) is 5.02. The maximum atomic E-state index is 5.29. The average molecular weight is 577 g/mol. The zero-order valence-corrected chi connectivity index (χ0v) is 24.7. The fraction of sp³-hybridized carbons (Fsp3) is 0.0244. The second-order valence-electron chi connectivity index (χ2n) is 11.1. The minimum atomic E-state index is 0.687. The van der Waals surface area contributed by atoms with Gasteiger partial charge in [-0.05, 0) is 36.2 Å². The number of hydrogen-bond donors (Lipinski definition) is 0. The van der Waals surface area contributed by atoms with Crippen LogP contribution in [0.25, 0.3) is 78.1 Å². The van der Waals surface area contributed by atoms with Crippen LogP contribution < -0.4 is 0 Å². The monoisotopic (exact) mass is 576 g/mol.